The van der Waals surface area contributed by atoms with Gasteiger partial charge in [0.15, 0.2) is 6.10 Å². The molecule has 2 fully saturated rings. The maximum Gasteiger partial charge on any atom is 0.269 e. The molecule has 3 atom stereocenters. The van der Waals surface area contributed by atoms with Crippen LogP contribution >= 0.6 is 15.9 Å². The maximum absolute atomic E-state index is 13.6. The lowest BCUT2D eigenvalue weighted by molar-refractivity contribution is -0.384. The molecule has 160 valence electrons. The van der Waals surface area contributed by atoms with Gasteiger partial charge in [-0.1, -0.05) is 42.5 Å². The molecule has 3 aromatic rings. The number of carbonyl (C=O) groups is 2. The van der Waals surface area contributed by atoms with Crippen LogP contribution in [-0.4, -0.2) is 22.8 Å². The average Bonchev–Trinajstić information content (AvgIpc) is 3.31. The molecule has 3 unspecified atom stereocenters. The van der Waals surface area contributed by atoms with Crippen molar-refractivity contribution in [3.05, 3.63) is 99.0 Å². The van der Waals surface area contributed by atoms with Crippen LogP contribution in [0.25, 0.3) is 0 Å². The van der Waals surface area contributed by atoms with E-state index in [0.29, 0.717) is 21.4 Å². The van der Waals surface area contributed by atoms with E-state index in [9.17, 15) is 19.7 Å². The van der Waals surface area contributed by atoms with Gasteiger partial charge in [-0.15, -0.1) is 0 Å². The quantitative estimate of drug-likeness (QED) is 0.303. The molecule has 3 aromatic carbocycles. The van der Waals surface area contributed by atoms with Crippen LogP contribution in [0, 0.1) is 16.0 Å². The predicted molar refractivity (Wildman–Crippen MR) is 120 cm³/mol. The van der Waals surface area contributed by atoms with Crippen LogP contribution in [0.2, 0.25) is 0 Å². The molecule has 5 rings (SSSR count). The smallest absolute Gasteiger partial charge is 0.269 e. The third-order valence-corrected chi connectivity index (χ3v) is 6.31. The lowest BCUT2D eigenvalue weighted by atomic mass is 9.90. The molecule has 2 amide bonds. The van der Waals surface area contributed by atoms with Gasteiger partial charge in [0, 0.05) is 16.6 Å². The Hall–Kier alpha value is -3.56. The van der Waals surface area contributed by atoms with Crippen LogP contribution in [-0.2, 0) is 14.4 Å². The van der Waals surface area contributed by atoms with Gasteiger partial charge in [0.1, 0.15) is 5.92 Å². The Morgan fingerprint density at radius 1 is 0.906 bits per heavy atom. The summed E-state index contributed by atoms with van der Waals surface area (Å²) in [6.45, 7) is 0. The molecule has 8 nitrogen and oxygen atoms in total. The highest BCUT2D eigenvalue weighted by Crippen LogP contribution is 2.48. The van der Waals surface area contributed by atoms with Crippen molar-refractivity contribution in [1.29, 1.82) is 0 Å². The van der Waals surface area contributed by atoms with Gasteiger partial charge < -0.3 is 0 Å². The molecule has 0 aromatic heterocycles. The number of imide groups is 1. The largest absolute Gasteiger partial charge is 0.273 e. The Kier molecular flexibility index (Phi) is 4.99. The summed E-state index contributed by atoms with van der Waals surface area (Å²) in [5, 5.41) is 12.9. The molecule has 0 aliphatic carbocycles. The first-order valence-corrected chi connectivity index (χ1v) is 10.6. The zero-order valence-electron chi connectivity index (χ0n) is 16.5. The van der Waals surface area contributed by atoms with Crippen LogP contribution in [0.15, 0.2) is 83.3 Å². The van der Waals surface area contributed by atoms with Crippen molar-refractivity contribution in [2.75, 3.05) is 9.96 Å². The van der Waals surface area contributed by atoms with Crippen molar-refractivity contribution in [2.45, 2.75) is 12.1 Å². The lowest BCUT2D eigenvalue weighted by Crippen LogP contribution is -2.37. The molecular weight excluding hydrogens is 478 g/mol. The van der Waals surface area contributed by atoms with E-state index < -0.39 is 34.8 Å². The molecule has 0 N–H and O–H groups in total. The van der Waals surface area contributed by atoms with Gasteiger partial charge in [-0.3, -0.25) is 24.5 Å². The number of nitrogens with zero attached hydrogens (tertiary/aromatic N) is 3. The molecule has 0 bridgehead atoms. The molecule has 32 heavy (non-hydrogen) atoms. The van der Waals surface area contributed by atoms with Gasteiger partial charge in [-0.25, -0.2) is 9.96 Å². The number of halogens is 1. The predicted octanol–water partition coefficient (Wildman–Crippen LogP) is 4.41. The van der Waals surface area contributed by atoms with Crippen LogP contribution < -0.4 is 9.96 Å². The summed E-state index contributed by atoms with van der Waals surface area (Å²) < 4.78 is 0.605. The number of para-hydroxylation sites is 2. The Morgan fingerprint density at radius 2 is 1.62 bits per heavy atom. The fraction of sp³-hybridized carbons (Fsp3) is 0.130. The number of hydrogen-bond donors (Lipinski definition) is 0. The highest BCUT2D eigenvalue weighted by molar-refractivity contribution is 9.10. The standard InChI is InChI=1S/C23H16BrN3O5/c24-17-11-4-5-12-18(17)25-22(28)19-20(14-7-6-10-16(13-14)27(30)31)26(32-21(19)23(25)29)15-8-2-1-3-9-15/h1-13,19-21H. The topological polar surface area (TPSA) is 93.0 Å². The summed E-state index contributed by atoms with van der Waals surface area (Å²) in [6.07, 6.45) is -1.04. The summed E-state index contributed by atoms with van der Waals surface area (Å²) in [5.41, 5.74) is 1.50. The summed E-state index contributed by atoms with van der Waals surface area (Å²) >= 11 is 3.40. The minimum atomic E-state index is -1.04. The number of anilines is 2. The van der Waals surface area contributed by atoms with Crippen LogP contribution in [0.1, 0.15) is 11.6 Å². The molecule has 0 spiro atoms. The summed E-state index contributed by atoms with van der Waals surface area (Å²) in [4.78, 5) is 44.9. The zero-order valence-corrected chi connectivity index (χ0v) is 18.1. The summed E-state index contributed by atoms with van der Waals surface area (Å²) in [6, 6.07) is 21.4. The number of hydrogen-bond acceptors (Lipinski definition) is 6. The maximum atomic E-state index is 13.6. The third kappa shape index (κ3) is 3.17. The number of non-ortho nitro benzene ring substituents is 1. The molecule has 2 aliphatic heterocycles. The second kappa shape index (κ2) is 7.85. The minimum absolute atomic E-state index is 0.0987. The first-order valence-electron chi connectivity index (χ1n) is 9.85. The first-order chi connectivity index (χ1) is 15.5. The lowest BCUT2D eigenvalue weighted by Gasteiger charge is -2.28. The number of nitro groups is 1. The van der Waals surface area contributed by atoms with Crippen LogP contribution in [0.4, 0.5) is 17.1 Å². The number of carbonyl (C=O) groups excluding carboxylic acids is 2. The number of nitro benzene ring substituents is 1. The van der Waals surface area contributed by atoms with E-state index in [1.165, 1.54) is 17.2 Å². The van der Waals surface area contributed by atoms with Crippen molar-refractivity contribution in [2.24, 2.45) is 5.92 Å². The number of hydroxylamine groups is 1. The van der Waals surface area contributed by atoms with E-state index in [1.807, 2.05) is 18.2 Å². The monoisotopic (exact) mass is 493 g/mol. The van der Waals surface area contributed by atoms with Crippen molar-refractivity contribution >= 4 is 44.8 Å². The van der Waals surface area contributed by atoms with Gasteiger partial charge in [0.2, 0.25) is 5.91 Å². The molecule has 0 saturated carbocycles. The number of rotatable bonds is 4. The summed E-state index contributed by atoms with van der Waals surface area (Å²) in [7, 11) is 0. The SMILES string of the molecule is O=C1C2ON(c3ccccc3)C(c3cccc([N+](=O)[O-])c3)C2C(=O)N1c1ccccc1Br. The molecule has 2 aliphatic rings. The number of fused-ring (bicyclic) bond motifs is 1. The second-order valence-electron chi connectivity index (χ2n) is 7.47. The molecular formula is C23H16BrN3O5. The fourth-order valence-corrected chi connectivity index (χ4v) is 4.71. The highest BCUT2D eigenvalue weighted by atomic mass is 79.9. The number of benzene rings is 3. The first kappa shape index (κ1) is 20.3. The molecule has 9 heteroatoms. The van der Waals surface area contributed by atoms with E-state index in [-0.39, 0.29) is 5.69 Å². The Bertz CT molecular complexity index is 1240. The van der Waals surface area contributed by atoms with E-state index in [1.54, 1.807) is 48.5 Å². The van der Waals surface area contributed by atoms with Gasteiger partial charge in [0.05, 0.1) is 22.3 Å². The van der Waals surface area contributed by atoms with E-state index in [2.05, 4.69) is 15.9 Å². The van der Waals surface area contributed by atoms with Gasteiger partial charge in [0.25, 0.3) is 11.6 Å². The average molecular weight is 494 g/mol. The van der Waals surface area contributed by atoms with Crippen molar-refractivity contribution in [3.63, 3.8) is 0 Å². The number of amides is 2. The van der Waals surface area contributed by atoms with Crippen LogP contribution in [0.3, 0.4) is 0 Å². The normalized spacial score (nSPS) is 22.3. The highest BCUT2D eigenvalue weighted by Gasteiger charge is 2.60. The van der Waals surface area contributed by atoms with E-state index >= 15 is 0 Å². The van der Waals surface area contributed by atoms with Gasteiger partial charge in [-0.05, 0) is 45.8 Å². The Morgan fingerprint density at radius 3 is 2.34 bits per heavy atom. The Labute approximate surface area is 191 Å². The zero-order chi connectivity index (χ0) is 22.4. The summed E-state index contributed by atoms with van der Waals surface area (Å²) in [5.74, 6) is -1.75. The van der Waals surface area contributed by atoms with Crippen molar-refractivity contribution in [3.8, 4) is 0 Å². The van der Waals surface area contributed by atoms with Crippen molar-refractivity contribution < 1.29 is 19.3 Å². The molecule has 2 heterocycles. The third-order valence-electron chi connectivity index (χ3n) is 5.64. The minimum Gasteiger partial charge on any atom is -0.273 e. The van der Waals surface area contributed by atoms with E-state index in [0.717, 1.165) is 4.90 Å². The van der Waals surface area contributed by atoms with Crippen molar-refractivity contribution in [1.82, 2.24) is 0 Å². The van der Waals surface area contributed by atoms with Gasteiger partial charge in [-0.2, -0.15) is 0 Å². The van der Waals surface area contributed by atoms with Crippen LogP contribution in [0.5, 0.6) is 0 Å². The van der Waals surface area contributed by atoms with Gasteiger partial charge >= 0.3 is 0 Å². The fourth-order valence-electron chi connectivity index (χ4n) is 4.25. The Balaban J connectivity index is 1.62. The van der Waals surface area contributed by atoms with E-state index in [4.69, 9.17) is 4.84 Å². The molecule has 0 radical (unpaired) electrons. The second-order valence-corrected chi connectivity index (χ2v) is 8.33. The molecule has 2 saturated heterocycles.